The molecule has 0 amide bonds. The Bertz CT molecular complexity index is 386. The number of hydrogen-bond acceptors (Lipinski definition) is 2. The molecule has 2 nitrogen and oxygen atoms in total. The van der Waals surface area contributed by atoms with E-state index in [1.165, 1.54) is 17.5 Å². The summed E-state index contributed by atoms with van der Waals surface area (Å²) in [4.78, 5) is 2.58. The van der Waals surface area contributed by atoms with Gasteiger partial charge in [0.2, 0.25) is 0 Å². The smallest absolute Gasteiger partial charge is 0.0240 e. The molecule has 2 heteroatoms. The van der Waals surface area contributed by atoms with Crippen LogP contribution < -0.4 is 5.32 Å². The summed E-state index contributed by atoms with van der Waals surface area (Å²) in [6.07, 6.45) is 1.20. The molecule has 0 saturated heterocycles. The van der Waals surface area contributed by atoms with E-state index in [4.69, 9.17) is 0 Å². The predicted octanol–water partition coefficient (Wildman–Crippen LogP) is 3.42. The van der Waals surface area contributed by atoms with Crippen molar-refractivity contribution in [3.8, 4) is 0 Å². The van der Waals surface area contributed by atoms with Gasteiger partial charge in [-0.05, 0) is 36.4 Å². The Hall–Kier alpha value is -0.860. The molecule has 1 N–H and O–H groups in total. The third kappa shape index (κ3) is 3.58. The molecule has 1 aromatic carbocycles. The van der Waals surface area contributed by atoms with Crippen molar-refractivity contribution in [3.63, 3.8) is 0 Å². The monoisotopic (exact) mass is 260 g/mol. The SMILES string of the molecule is CCCNC(C)C(C)(C)CN1Cc2ccccc2C1. The fraction of sp³-hybridized carbons (Fsp3) is 0.647. The van der Waals surface area contributed by atoms with Gasteiger partial charge >= 0.3 is 0 Å². The summed E-state index contributed by atoms with van der Waals surface area (Å²) < 4.78 is 0. The van der Waals surface area contributed by atoms with Crippen LogP contribution in [0, 0.1) is 5.41 Å². The van der Waals surface area contributed by atoms with E-state index >= 15 is 0 Å². The van der Waals surface area contributed by atoms with Gasteiger partial charge in [-0.1, -0.05) is 45.0 Å². The van der Waals surface area contributed by atoms with Gasteiger partial charge in [0, 0.05) is 25.7 Å². The lowest BCUT2D eigenvalue weighted by Crippen LogP contribution is -2.45. The second kappa shape index (κ2) is 6.06. The Morgan fingerprint density at radius 3 is 2.32 bits per heavy atom. The predicted molar refractivity (Wildman–Crippen MR) is 82.1 cm³/mol. The molecule has 19 heavy (non-hydrogen) atoms. The van der Waals surface area contributed by atoms with Crippen molar-refractivity contribution in [1.29, 1.82) is 0 Å². The van der Waals surface area contributed by atoms with Crippen LogP contribution in [0.3, 0.4) is 0 Å². The van der Waals surface area contributed by atoms with E-state index in [0.717, 1.165) is 26.2 Å². The molecule has 106 valence electrons. The number of fused-ring (bicyclic) bond motifs is 1. The Kier molecular flexibility index (Phi) is 4.64. The minimum absolute atomic E-state index is 0.303. The lowest BCUT2D eigenvalue weighted by atomic mass is 9.84. The van der Waals surface area contributed by atoms with Crippen molar-refractivity contribution in [3.05, 3.63) is 35.4 Å². The first-order valence-electron chi connectivity index (χ1n) is 7.55. The second-order valence-corrected chi connectivity index (χ2v) is 6.58. The summed E-state index contributed by atoms with van der Waals surface area (Å²) in [6.45, 7) is 13.8. The summed E-state index contributed by atoms with van der Waals surface area (Å²) in [5.41, 5.74) is 3.32. The van der Waals surface area contributed by atoms with Gasteiger partial charge in [-0.15, -0.1) is 0 Å². The van der Waals surface area contributed by atoms with Gasteiger partial charge in [0.1, 0.15) is 0 Å². The molecule has 0 bridgehead atoms. The summed E-state index contributed by atoms with van der Waals surface area (Å²) >= 11 is 0. The summed E-state index contributed by atoms with van der Waals surface area (Å²) in [5.74, 6) is 0. The van der Waals surface area contributed by atoms with Crippen LogP contribution in [-0.4, -0.2) is 24.0 Å². The van der Waals surface area contributed by atoms with Gasteiger partial charge in [-0.2, -0.15) is 0 Å². The summed E-state index contributed by atoms with van der Waals surface area (Å²) in [6, 6.07) is 9.39. The van der Waals surface area contributed by atoms with E-state index in [0.29, 0.717) is 11.5 Å². The van der Waals surface area contributed by atoms with Crippen LogP contribution in [0.4, 0.5) is 0 Å². The zero-order chi connectivity index (χ0) is 13.9. The van der Waals surface area contributed by atoms with E-state index in [2.05, 4.69) is 62.2 Å². The van der Waals surface area contributed by atoms with Crippen molar-refractivity contribution >= 4 is 0 Å². The van der Waals surface area contributed by atoms with E-state index in [1.807, 2.05) is 0 Å². The van der Waals surface area contributed by atoms with Gasteiger partial charge in [0.15, 0.2) is 0 Å². The first-order chi connectivity index (χ1) is 9.03. The molecule has 1 aromatic rings. The van der Waals surface area contributed by atoms with Crippen LogP contribution >= 0.6 is 0 Å². The maximum absolute atomic E-state index is 3.64. The van der Waals surface area contributed by atoms with Crippen molar-refractivity contribution in [1.82, 2.24) is 10.2 Å². The average Bonchev–Trinajstić information content (AvgIpc) is 2.76. The van der Waals surface area contributed by atoms with Gasteiger partial charge in [-0.25, -0.2) is 0 Å². The highest BCUT2D eigenvalue weighted by Gasteiger charge is 2.30. The first-order valence-corrected chi connectivity index (χ1v) is 7.55. The molecule has 1 unspecified atom stereocenters. The van der Waals surface area contributed by atoms with Gasteiger partial charge < -0.3 is 5.32 Å². The Balaban J connectivity index is 1.92. The zero-order valence-electron chi connectivity index (χ0n) is 12.9. The van der Waals surface area contributed by atoms with Gasteiger partial charge in [0.25, 0.3) is 0 Å². The molecule has 0 saturated carbocycles. The first kappa shape index (κ1) is 14.5. The summed E-state index contributed by atoms with van der Waals surface area (Å²) in [5, 5.41) is 3.64. The summed E-state index contributed by atoms with van der Waals surface area (Å²) in [7, 11) is 0. The molecule has 0 aliphatic carbocycles. The molecule has 1 aliphatic rings. The van der Waals surface area contributed by atoms with Gasteiger partial charge in [-0.3, -0.25) is 4.90 Å². The lowest BCUT2D eigenvalue weighted by Gasteiger charge is -2.36. The third-order valence-corrected chi connectivity index (χ3v) is 4.41. The molecule has 1 heterocycles. The molecule has 2 rings (SSSR count). The lowest BCUT2D eigenvalue weighted by molar-refractivity contribution is 0.142. The quantitative estimate of drug-likeness (QED) is 0.843. The van der Waals surface area contributed by atoms with Crippen LogP contribution in [0.2, 0.25) is 0 Å². The average molecular weight is 260 g/mol. The molecule has 0 spiro atoms. The number of nitrogens with one attached hydrogen (secondary N) is 1. The largest absolute Gasteiger partial charge is 0.314 e. The molecule has 1 atom stereocenters. The van der Waals surface area contributed by atoms with Crippen LogP contribution in [0.15, 0.2) is 24.3 Å². The molecule has 0 aromatic heterocycles. The number of rotatable bonds is 6. The second-order valence-electron chi connectivity index (χ2n) is 6.58. The highest BCUT2D eigenvalue weighted by molar-refractivity contribution is 5.30. The number of nitrogens with zero attached hydrogens (tertiary/aromatic N) is 1. The topological polar surface area (TPSA) is 15.3 Å². The van der Waals surface area contributed by atoms with E-state index in [9.17, 15) is 0 Å². The highest BCUT2D eigenvalue weighted by atomic mass is 15.2. The molecular weight excluding hydrogens is 232 g/mol. The minimum Gasteiger partial charge on any atom is -0.314 e. The molecule has 0 radical (unpaired) electrons. The zero-order valence-corrected chi connectivity index (χ0v) is 12.9. The van der Waals surface area contributed by atoms with Crippen LogP contribution in [0.1, 0.15) is 45.2 Å². The molecule has 0 fully saturated rings. The maximum Gasteiger partial charge on any atom is 0.0240 e. The Morgan fingerprint density at radius 1 is 1.21 bits per heavy atom. The van der Waals surface area contributed by atoms with Crippen molar-refractivity contribution < 1.29 is 0 Å². The van der Waals surface area contributed by atoms with Crippen molar-refractivity contribution in [2.24, 2.45) is 5.41 Å². The Morgan fingerprint density at radius 2 is 1.79 bits per heavy atom. The standard InChI is InChI=1S/C17H28N2/c1-5-10-18-14(2)17(3,4)13-19-11-15-8-6-7-9-16(15)12-19/h6-9,14,18H,5,10-13H2,1-4H3. The molecular formula is C17H28N2. The fourth-order valence-corrected chi connectivity index (χ4v) is 2.87. The van der Waals surface area contributed by atoms with E-state index in [-0.39, 0.29) is 0 Å². The maximum atomic E-state index is 3.64. The van der Waals surface area contributed by atoms with Crippen LogP contribution in [0.5, 0.6) is 0 Å². The molecule has 1 aliphatic heterocycles. The third-order valence-electron chi connectivity index (χ3n) is 4.41. The van der Waals surface area contributed by atoms with Crippen molar-refractivity contribution in [2.75, 3.05) is 13.1 Å². The van der Waals surface area contributed by atoms with Crippen molar-refractivity contribution in [2.45, 2.75) is 53.2 Å². The minimum atomic E-state index is 0.303. The van der Waals surface area contributed by atoms with Crippen LogP contribution in [-0.2, 0) is 13.1 Å². The number of hydrogen-bond donors (Lipinski definition) is 1. The Labute approximate surface area is 118 Å². The van der Waals surface area contributed by atoms with E-state index < -0.39 is 0 Å². The number of benzene rings is 1. The fourth-order valence-electron chi connectivity index (χ4n) is 2.87. The van der Waals surface area contributed by atoms with Gasteiger partial charge in [0.05, 0.1) is 0 Å². The normalized spacial score (nSPS) is 17.5. The highest BCUT2D eigenvalue weighted by Crippen LogP contribution is 2.28. The van der Waals surface area contributed by atoms with Crippen LogP contribution in [0.25, 0.3) is 0 Å². The van der Waals surface area contributed by atoms with E-state index in [1.54, 1.807) is 0 Å².